The van der Waals surface area contributed by atoms with Gasteiger partial charge in [0.1, 0.15) is 5.82 Å². The van der Waals surface area contributed by atoms with Crippen molar-refractivity contribution in [2.45, 2.75) is 0 Å². The van der Waals surface area contributed by atoms with E-state index in [1.165, 1.54) is 24.5 Å². The van der Waals surface area contributed by atoms with Crippen molar-refractivity contribution in [3.63, 3.8) is 0 Å². The van der Waals surface area contributed by atoms with E-state index in [1.54, 1.807) is 0 Å². The molecule has 0 atom stereocenters. The van der Waals surface area contributed by atoms with Gasteiger partial charge in [0.15, 0.2) is 0 Å². The molecule has 16 heavy (non-hydrogen) atoms. The van der Waals surface area contributed by atoms with Gasteiger partial charge in [0, 0.05) is 16.9 Å². The third-order valence-electron chi connectivity index (χ3n) is 1.88. The van der Waals surface area contributed by atoms with E-state index in [0.717, 1.165) is 6.07 Å². The molecule has 6 heteroatoms. The van der Waals surface area contributed by atoms with Gasteiger partial charge in [0.05, 0.1) is 11.8 Å². The maximum absolute atomic E-state index is 13.0. The zero-order valence-electron chi connectivity index (χ0n) is 8.00. The van der Waals surface area contributed by atoms with Crippen LogP contribution in [0.3, 0.4) is 0 Å². The van der Waals surface area contributed by atoms with Gasteiger partial charge in [-0.3, -0.25) is 9.89 Å². The Morgan fingerprint density at radius 3 is 2.88 bits per heavy atom. The van der Waals surface area contributed by atoms with Crippen molar-refractivity contribution in [2.24, 2.45) is 0 Å². The van der Waals surface area contributed by atoms with Crippen molar-refractivity contribution in [3.05, 3.63) is 47.0 Å². The average Bonchev–Trinajstić information content (AvgIpc) is 2.68. The maximum atomic E-state index is 13.0. The fraction of sp³-hybridized carbons (Fsp3) is 0. The molecule has 1 heterocycles. The van der Waals surface area contributed by atoms with Crippen LogP contribution in [0.1, 0.15) is 10.4 Å². The number of benzene rings is 1. The zero-order chi connectivity index (χ0) is 11.5. The van der Waals surface area contributed by atoms with Crippen molar-refractivity contribution < 1.29 is 9.18 Å². The second-order valence-corrected chi connectivity index (χ2v) is 3.54. The Bertz CT molecular complexity index is 493. The number of carbonyl (C=O) groups excluding carboxylic acids is 1. The minimum atomic E-state index is -0.505. The van der Waals surface area contributed by atoms with Crippen LogP contribution in [-0.4, -0.2) is 16.1 Å². The molecule has 0 bridgehead atoms. The van der Waals surface area contributed by atoms with Gasteiger partial charge in [-0.25, -0.2) is 4.39 Å². The van der Waals surface area contributed by atoms with Crippen molar-refractivity contribution in [1.82, 2.24) is 10.2 Å². The second-order valence-electron chi connectivity index (χ2n) is 3.10. The fourth-order valence-corrected chi connectivity index (χ4v) is 1.43. The third-order valence-corrected chi connectivity index (χ3v) is 2.10. The molecule has 1 aromatic heterocycles. The van der Waals surface area contributed by atoms with E-state index in [4.69, 9.17) is 11.6 Å². The lowest BCUT2D eigenvalue weighted by molar-refractivity contribution is 0.102. The summed E-state index contributed by atoms with van der Waals surface area (Å²) in [5, 5.41) is 8.87. The molecule has 0 radical (unpaired) electrons. The van der Waals surface area contributed by atoms with Gasteiger partial charge in [-0.15, -0.1) is 0 Å². The van der Waals surface area contributed by atoms with Crippen molar-refractivity contribution in [3.8, 4) is 0 Å². The molecule has 4 nitrogen and oxygen atoms in total. The largest absolute Gasteiger partial charge is 0.322 e. The molecule has 2 rings (SSSR count). The summed E-state index contributed by atoms with van der Waals surface area (Å²) >= 11 is 5.65. The van der Waals surface area contributed by atoms with Crippen LogP contribution in [0.15, 0.2) is 30.6 Å². The molecule has 0 aliphatic carbocycles. The minimum absolute atomic E-state index is 0.225. The maximum Gasteiger partial charge on any atom is 0.258 e. The van der Waals surface area contributed by atoms with Crippen molar-refractivity contribution >= 4 is 23.2 Å². The normalized spacial score (nSPS) is 10.1. The highest BCUT2D eigenvalue weighted by Crippen LogP contribution is 2.18. The molecule has 0 saturated heterocycles. The third kappa shape index (κ3) is 2.38. The highest BCUT2D eigenvalue weighted by Gasteiger charge is 2.08. The molecule has 82 valence electrons. The molecular formula is C10H7ClFN3O. The smallest absolute Gasteiger partial charge is 0.258 e. The van der Waals surface area contributed by atoms with Gasteiger partial charge in [-0.05, 0) is 18.2 Å². The summed E-state index contributed by atoms with van der Waals surface area (Å²) in [4.78, 5) is 11.6. The summed E-state index contributed by atoms with van der Waals surface area (Å²) in [5.74, 6) is -0.884. The monoisotopic (exact) mass is 239 g/mol. The number of anilines is 1. The van der Waals surface area contributed by atoms with Crippen molar-refractivity contribution in [1.29, 1.82) is 0 Å². The molecule has 1 amide bonds. The molecule has 0 spiro atoms. The number of carbonyl (C=O) groups is 1. The molecule has 0 aliphatic rings. The van der Waals surface area contributed by atoms with Gasteiger partial charge in [-0.1, -0.05) is 11.6 Å². The van der Waals surface area contributed by atoms with Crippen molar-refractivity contribution in [2.75, 3.05) is 5.32 Å². The van der Waals surface area contributed by atoms with E-state index in [2.05, 4.69) is 15.5 Å². The summed E-state index contributed by atoms with van der Waals surface area (Å²) in [6.45, 7) is 0. The van der Waals surface area contributed by atoms with E-state index in [9.17, 15) is 9.18 Å². The van der Waals surface area contributed by atoms with E-state index >= 15 is 0 Å². The lowest BCUT2D eigenvalue weighted by Gasteiger charge is -2.03. The predicted octanol–water partition coefficient (Wildman–Crippen LogP) is 2.45. The van der Waals surface area contributed by atoms with Gasteiger partial charge in [-0.2, -0.15) is 5.10 Å². The Morgan fingerprint density at radius 1 is 1.44 bits per heavy atom. The van der Waals surface area contributed by atoms with E-state index in [0.29, 0.717) is 11.3 Å². The van der Waals surface area contributed by atoms with Gasteiger partial charge in [0.25, 0.3) is 5.91 Å². The standard InChI is InChI=1S/C10H7ClFN3O/c11-7-1-8(12)3-9(2-7)15-10(16)6-4-13-14-5-6/h1-5H,(H,13,14)(H,15,16). The van der Waals surface area contributed by atoms with Crippen LogP contribution in [-0.2, 0) is 0 Å². The molecular weight excluding hydrogens is 233 g/mol. The highest BCUT2D eigenvalue weighted by atomic mass is 35.5. The summed E-state index contributed by atoms with van der Waals surface area (Å²) in [6.07, 6.45) is 2.81. The van der Waals surface area contributed by atoms with Crippen LogP contribution < -0.4 is 5.32 Å². The molecule has 0 fully saturated rings. The lowest BCUT2D eigenvalue weighted by atomic mass is 10.3. The number of hydrogen-bond donors (Lipinski definition) is 2. The first-order valence-electron chi connectivity index (χ1n) is 4.41. The first kappa shape index (κ1) is 10.6. The van der Waals surface area contributed by atoms with Crippen LogP contribution in [0, 0.1) is 5.82 Å². The number of H-pyrrole nitrogens is 1. The first-order chi connectivity index (χ1) is 7.65. The Morgan fingerprint density at radius 2 is 2.25 bits per heavy atom. The van der Waals surface area contributed by atoms with Gasteiger partial charge < -0.3 is 5.32 Å². The van der Waals surface area contributed by atoms with Crippen LogP contribution >= 0.6 is 11.6 Å². The van der Waals surface area contributed by atoms with E-state index < -0.39 is 5.82 Å². The average molecular weight is 240 g/mol. The molecule has 1 aromatic carbocycles. The van der Waals surface area contributed by atoms with Crippen LogP contribution in [0.4, 0.5) is 10.1 Å². The number of hydrogen-bond acceptors (Lipinski definition) is 2. The number of halogens is 2. The van der Waals surface area contributed by atoms with Crippen LogP contribution in [0.5, 0.6) is 0 Å². The Hall–Kier alpha value is -1.88. The number of aromatic nitrogens is 2. The SMILES string of the molecule is O=C(Nc1cc(F)cc(Cl)c1)c1cn[nH]c1. The fourth-order valence-electron chi connectivity index (χ4n) is 1.20. The molecule has 0 aliphatic heterocycles. The summed E-state index contributed by atoms with van der Waals surface area (Å²) < 4.78 is 13.0. The number of nitrogens with zero attached hydrogens (tertiary/aromatic N) is 1. The summed E-state index contributed by atoms with van der Waals surface area (Å²) in [6, 6.07) is 3.81. The molecule has 2 aromatic rings. The molecule has 2 N–H and O–H groups in total. The Labute approximate surface area is 95.4 Å². The van der Waals surface area contributed by atoms with E-state index in [-0.39, 0.29) is 10.9 Å². The first-order valence-corrected chi connectivity index (χ1v) is 4.79. The zero-order valence-corrected chi connectivity index (χ0v) is 8.75. The highest BCUT2D eigenvalue weighted by molar-refractivity contribution is 6.31. The second kappa shape index (κ2) is 4.32. The minimum Gasteiger partial charge on any atom is -0.322 e. The lowest BCUT2D eigenvalue weighted by Crippen LogP contribution is -2.11. The number of nitrogens with one attached hydrogen (secondary N) is 2. The number of rotatable bonds is 2. The summed E-state index contributed by atoms with van der Waals surface area (Å²) in [5.41, 5.74) is 0.664. The van der Waals surface area contributed by atoms with Gasteiger partial charge in [0.2, 0.25) is 0 Å². The van der Waals surface area contributed by atoms with Crippen LogP contribution in [0.2, 0.25) is 5.02 Å². The van der Waals surface area contributed by atoms with Crippen LogP contribution in [0.25, 0.3) is 0 Å². The Kier molecular flexibility index (Phi) is 2.87. The van der Waals surface area contributed by atoms with Gasteiger partial charge >= 0.3 is 0 Å². The number of amides is 1. The quantitative estimate of drug-likeness (QED) is 0.846. The molecule has 0 saturated carbocycles. The topological polar surface area (TPSA) is 57.8 Å². The predicted molar refractivity (Wildman–Crippen MR) is 58.0 cm³/mol. The van der Waals surface area contributed by atoms with E-state index in [1.807, 2.05) is 0 Å². The summed E-state index contributed by atoms with van der Waals surface area (Å²) in [7, 11) is 0. The molecule has 0 unspecified atom stereocenters. The Balaban J connectivity index is 2.18. The number of aromatic amines is 1.